The first-order valence-corrected chi connectivity index (χ1v) is 4.44. The highest BCUT2D eigenvalue weighted by molar-refractivity contribution is 5.35. The molecule has 1 fully saturated rings. The van der Waals surface area contributed by atoms with E-state index < -0.39 is 0 Å². The van der Waals surface area contributed by atoms with Gasteiger partial charge >= 0.3 is 0 Å². The van der Waals surface area contributed by atoms with Crippen molar-refractivity contribution >= 4 is 0 Å². The Labute approximate surface area is 82.9 Å². The fourth-order valence-electron chi connectivity index (χ4n) is 1.54. The maximum Gasteiger partial charge on any atom is 0.139 e. The van der Waals surface area contributed by atoms with Gasteiger partial charge in [-0.05, 0) is 17.7 Å². The second kappa shape index (κ2) is 3.41. The molecule has 0 amide bonds. The zero-order valence-electron chi connectivity index (χ0n) is 7.99. The smallest absolute Gasteiger partial charge is 0.139 e. The first-order chi connectivity index (χ1) is 6.80. The molecule has 0 aromatic heterocycles. The lowest BCUT2D eigenvalue weighted by Crippen LogP contribution is -2.48. The normalized spacial score (nSPS) is 18.3. The summed E-state index contributed by atoms with van der Waals surface area (Å²) >= 11 is 0. The van der Waals surface area contributed by atoms with E-state index in [1.54, 1.807) is 19.2 Å². The van der Waals surface area contributed by atoms with Gasteiger partial charge in [0.15, 0.2) is 0 Å². The van der Waals surface area contributed by atoms with Gasteiger partial charge in [0.05, 0.1) is 24.8 Å². The maximum atomic E-state index is 8.65. The van der Waals surface area contributed by atoms with Gasteiger partial charge in [0, 0.05) is 7.11 Å². The zero-order chi connectivity index (χ0) is 10.0. The third-order valence-corrected chi connectivity index (χ3v) is 2.60. The number of nitrogens with zero attached hydrogens (tertiary/aromatic N) is 1. The largest absolute Gasteiger partial charge is 0.375 e. The van der Waals surface area contributed by atoms with E-state index in [9.17, 15) is 0 Å². The lowest BCUT2D eigenvalue weighted by Gasteiger charge is -2.40. The first-order valence-electron chi connectivity index (χ1n) is 4.44. The number of nitriles is 1. The molecule has 1 heterocycles. The number of rotatable bonds is 2. The number of benzene rings is 1. The summed E-state index contributed by atoms with van der Waals surface area (Å²) in [5.41, 5.74) is 1.46. The summed E-state index contributed by atoms with van der Waals surface area (Å²) in [6.07, 6.45) is 0. The Morgan fingerprint density at radius 2 is 2.00 bits per heavy atom. The Morgan fingerprint density at radius 1 is 1.36 bits per heavy atom. The van der Waals surface area contributed by atoms with E-state index in [0.717, 1.165) is 5.56 Å². The number of ether oxygens (including phenoxy) is 2. The van der Waals surface area contributed by atoms with Crippen LogP contribution >= 0.6 is 0 Å². The minimum absolute atomic E-state index is 0.284. The molecule has 0 bridgehead atoms. The van der Waals surface area contributed by atoms with E-state index in [-0.39, 0.29) is 5.60 Å². The van der Waals surface area contributed by atoms with Crippen LogP contribution in [0.3, 0.4) is 0 Å². The van der Waals surface area contributed by atoms with Crippen molar-refractivity contribution in [3.8, 4) is 6.07 Å². The van der Waals surface area contributed by atoms with Crippen molar-refractivity contribution in [3.63, 3.8) is 0 Å². The molecule has 1 aromatic rings. The molecule has 1 aromatic carbocycles. The molecule has 0 N–H and O–H groups in total. The third kappa shape index (κ3) is 1.29. The molecule has 72 valence electrons. The van der Waals surface area contributed by atoms with Gasteiger partial charge in [-0.15, -0.1) is 0 Å². The lowest BCUT2D eigenvalue weighted by molar-refractivity contribution is -0.202. The molecule has 1 aliphatic heterocycles. The predicted octanol–water partition coefficient (Wildman–Crippen LogP) is 1.43. The average molecular weight is 189 g/mol. The highest BCUT2D eigenvalue weighted by atomic mass is 16.6. The van der Waals surface area contributed by atoms with Gasteiger partial charge in [-0.2, -0.15) is 5.26 Å². The molecule has 0 unspecified atom stereocenters. The highest BCUT2D eigenvalue weighted by Gasteiger charge is 2.40. The molecule has 2 rings (SSSR count). The summed E-state index contributed by atoms with van der Waals surface area (Å²) in [5, 5.41) is 8.65. The number of hydrogen-bond donors (Lipinski definition) is 0. The summed E-state index contributed by atoms with van der Waals surface area (Å²) in [7, 11) is 1.68. The number of methoxy groups -OCH3 is 1. The standard InChI is InChI=1S/C11H11NO2/c1-13-11(7-14-8-11)10-4-2-9(6-12)3-5-10/h2-5H,7-8H2,1H3. The van der Waals surface area contributed by atoms with Crippen molar-refractivity contribution in [2.75, 3.05) is 20.3 Å². The summed E-state index contributed by atoms with van der Waals surface area (Å²) in [5.74, 6) is 0. The Morgan fingerprint density at radius 3 is 2.36 bits per heavy atom. The van der Waals surface area contributed by atoms with Crippen LogP contribution in [0.2, 0.25) is 0 Å². The van der Waals surface area contributed by atoms with E-state index in [1.807, 2.05) is 12.1 Å². The van der Waals surface area contributed by atoms with Gasteiger partial charge in [-0.1, -0.05) is 12.1 Å². The summed E-state index contributed by atoms with van der Waals surface area (Å²) in [6, 6.07) is 9.53. The molecule has 1 aliphatic rings. The van der Waals surface area contributed by atoms with Crippen LogP contribution in [-0.2, 0) is 15.1 Å². The van der Waals surface area contributed by atoms with Crippen LogP contribution in [0, 0.1) is 11.3 Å². The van der Waals surface area contributed by atoms with E-state index >= 15 is 0 Å². The number of hydrogen-bond acceptors (Lipinski definition) is 3. The van der Waals surface area contributed by atoms with Gasteiger partial charge in [-0.25, -0.2) is 0 Å². The first kappa shape index (κ1) is 9.20. The quantitative estimate of drug-likeness (QED) is 0.706. The van der Waals surface area contributed by atoms with Crippen molar-refractivity contribution in [1.82, 2.24) is 0 Å². The van der Waals surface area contributed by atoms with E-state index in [1.165, 1.54) is 0 Å². The third-order valence-electron chi connectivity index (χ3n) is 2.60. The second-order valence-corrected chi connectivity index (χ2v) is 3.38. The molecular formula is C11H11NO2. The van der Waals surface area contributed by atoms with Crippen molar-refractivity contribution in [3.05, 3.63) is 35.4 Å². The molecule has 1 saturated heterocycles. The van der Waals surface area contributed by atoms with Crippen LogP contribution in [0.25, 0.3) is 0 Å². The molecule has 14 heavy (non-hydrogen) atoms. The Kier molecular flexibility index (Phi) is 2.24. The minimum Gasteiger partial charge on any atom is -0.375 e. The minimum atomic E-state index is -0.284. The van der Waals surface area contributed by atoms with Crippen LogP contribution in [0.5, 0.6) is 0 Å². The van der Waals surface area contributed by atoms with Gasteiger partial charge in [0.1, 0.15) is 5.60 Å². The summed E-state index contributed by atoms with van der Waals surface area (Å²) in [4.78, 5) is 0. The fourth-order valence-corrected chi connectivity index (χ4v) is 1.54. The molecule has 0 aliphatic carbocycles. The second-order valence-electron chi connectivity index (χ2n) is 3.38. The Hall–Kier alpha value is -1.37. The van der Waals surface area contributed by atoms with Crippen LogP contribution in [0.15, 0.2) is 24.3 Å². The van der Waals surface area contributed by atoms with Gasteiger partial charge in [-0.3, -0.25) is 0 Å². The highest BCUT2D eigenvalue weighted by Crippen LogP contribution is 2.32. The molecular weight excluding hydrogens is 178 g/mol. The van der Waals surface area contributed by atoms with Crippen molar-refractivity contribution in [1.29, 1.82) is 5.26 Å². The predicted molar refractivity (Wildman–Crippen MR) is 50.7 cm³/mol. The fraction of sp³-hybridized carbons (Fsp3) is 0.364. The Balaban J connectivity index is 2.29. The van der Waals surface area contributed by atoms with E-state index in [4.69, 9.17) is 14.7 Å². The van der Waals surface area contributed by atoms with Gasteiger partial charge < -0.3 is 9.47 Å². The summed E-state index contributed by atoms with van der Waals surface area (Å²) in [6.45, 7) is 1.19. The molecule has 0 atom stereocenters. The summed E-state index contributed by atoms with van der Waals surface area (Å²) < 4.78 is 10.6. The average Bonchev–Trinajstić information content (AvgIpc) is 2.18. The molecule has 0 spiro atoms. The van der Waals surface area contributed by atoms with Crippen LogP contribution in [0.1, 0.15) is 11.1 Å². The maximum absolute atomic E-state index is 8.65. The van der Waals surface area contributed by atoms with E-state index in [2.05, 4.69) is 6.07 Å². The molecule has 3 heteroatoms. The lowest BCUT2D eigenvalue weighted by atomic mass is 9.91. The molecule has 0 saturated carbocycles. The zero-order valence-corrected chi connectivity index (χ0v) is 7.99. The van der Waals surface area contributed by atoms with E-state index in [0.29, 0.717) is 18.8 Å². The van der Waals surface area contributed by atoms with Crippen LogP contribution in [-0.4, -0.2) is 20.3 Å². The Bertz CT molecular complexity index is 354. The monoisotopic (exact) mass is 189 g/mol. The SMILES string of the molecule is COC1(c2ccc(C#N)cc2)COC1. The van der Waals surface area contributed by atoms with Crippen molar-refractivity contribution in [2.24, 2.45) is 0 Å². The molecule has 3 nitrogen and oxygen atoms in total. The topological polar surface area (TPSA) is 42.2 Å². The van der Waals surface area contributed by atoms with Crippen molar-refractivity contribution < 1.29 is 9.47 Å². The van der Waals surface area contributed by atoms with Gasteiger partial charge in [0.2, 0.25) is 0 Å². The van der Waals surface area contributed by atoms with Crippen molar-refractivity contribution in [2.45, 2.75) is 5.60 Å². The van der Waals surface area contributed by atoms with Crippen LogP contribution < -0.4 is 0 Å². The molecule has 0 radical (unpaired) electrons. The van der Waals surface area contributed by atoms with Gasteiger partial charge in [0.25, 0.3) is 0 Å². The van der Waals surface area contributed by atoms with Crippen LogP contribution in [0.4, 0.5) is 0 Å².